The predicted octanol–water partition coefficient (Wildman–Crippen LogP) is 2.87. The first-order valence-electron chi connectivity index (χ1n) is 9.99. The van der Waals surface area contributed by atoms with Gasteiger partial charge in [-0.2, -0.15) is 0 Å². The summed E-state index contributed by atoms with van der Waals surface area (Å²) in [6.07, 6.45) is 0. The smallest absolute Gasteiger partial charge is 0.324 e. The van der Waals surface area contributed by atoms with E-state index < -0.39 is 11.6 Å². The zero-order chi connectivity index (χ0) is 21.7. The first-order chi connectivity index (χ1) is 14.4. The maximum absolute atomic E-state index is 14.7. The fraction of sp³-hybridized carbons (Fsp3) is 0.364. The summed E-state index contributed by atoms with van der Waals surface area (Å²) in [5.74, 6) is -1.46. The average molecular weight is 416 g/mol. The zero-order valence-corrected chi connectivity index (χ0v) is 17.0. The Morgan fingerprint density at radius 2 is 1.80 bits per heavy atom. The zero-order valence-electron chi connectivity index (χ0n) is 17.0. The van der Waals surface area contributed by atoms with Crippen LogP contribution in [0.3, 0.4) is 0 Å². The van der Waals surface area contributed by atoms with Crippen molar-refractivity contribution in [3.8, 4) is 0 Å². The van der Waals surface area contributed by atoms with Gasteiger partial charge in [-0.3, -0.25) is 9.69 Å². The Kier molecular flexibility index (Phi) is 7.12. The van der Waals surface area contributed by atoms with Crippen molar-refractivity contribution in [1.82, 2.24) is 9.80 Å². The molecule has 2 aromatic carbocycles. The lowest BCUT2D eigenvalue weighted by molar-refractivity contribution is 0.100. The van der Waals surface area contributed by atoms with Crippen LogP contribution in [-0.2, 0) is 6.54 Å². The number of hydrogen-bond acceptors (Lipinski definition) is 4. The number of amides is 2. The number of carbonyl (C=O) groups excluding carboxylic acids is 2. The molecule has 0 unspecified atom stereocenters. The number of Topliss-reactive ketones (excluding diaryl/α,β-unsaturated/α-hetero) is 1. The molecule has 6 nitrogen and oxygen atoms in total. The fourth-order valence-electron chi connectivity index (χ4n) is 3.48. The van der Waals surface area contributed by atoms with Crippen LogP contribution in [0.5, 0.6) is 0 Å². The number of piperazine rings is 1. The highest BCUT2D eigenvalue weighted by atomic mass is 19.1. The lowest BCUT2D eigenvalue weighted by atomic mass is 10.1. The van der Waals surface area contributed by atoms with Gasteiger partial charge in [-0.05, 0) is 30.8 Å². The van der Waals surface area contributed by atoms with E-state index in [9.17, 15) is 18.4 Å². The SMILES string of the molecule is CCN1CCN(C(=O)N(Cc2ccc(C(=O)CN)cc2F)c2cccc(F)c2)CC1. The topological polar surface area (TPSA) is 69.9 Å². The Hall–Kier alpha value is -2.84. The predicted molar refractivity (Wildman–Crippen MR) is 111 cm³/mol. The van der Waals surface area contributed by atoms with Crippen LogP contribution >= 0.6 is 0 Å². The van der Waals surface area contributed by atoms with E-state index in [1.165, 1.54) is 35.2 Å². The average Bonchev–Trinajstić information content (AvgIpc) is 2.77. The maximum Gasteiger partial charge on any atom is 0.324 e. The molecule has 1 aliphatic rings. The minimum Gasteiger partial charge on any atom is -0.324 e. The Morgan fingerprint density at radius 3 is 2.40 bits per heavy atom. The number of anilines is 1. The van der Waals surface area contributed by atoms with Gasteiger partial charge in [-0.1, -0.05) is 25.1 Å². The number of carbonyl (C=O) groups is 2. The highest BCUT2D eigenvalue weighted by molar-refractivity contribution is 5.97. The van der Waals surface area contributed by atoms with E-state index in [1.807, 2.05) is 0 Å². The summed E-state index contributed by atoms with van der Waals surface area (Å²) in [5, 5.41) is 0. The second-order valence-corrected chi connectivity index (χ2v) is 7.20. The van der Waals surface area contributed by atoms with Crippen LogP contribution in [0.15, 0.2) is 42.5 Å². The molecule has 8 heteroatoms. The van der Waals surface area contributed by atoms with Gasteiger partial charge in [0.15, 0.2) is 5.78 Å². The second kappa shape index (κ2) is 9.77. The molecule has 1 saturated heterocycles. The van der Waals surface area contributed by atoms with Crippen LogP contribution in [0.1, 0.15) is 22.8 Å². The van der Waals surface area contributed by atoms with E-state index in [0.717, 1.165) is 25.7 Å². The number of hydrogen-bond donors (Lipinski definition) is 1. The number of nitrogens with two attached hydrogens (primary N) is 1. The van der Waals surface area contributed by atoms with Crippen LogP contribution in [0.25, 0.3) is 0 Å². The van der Waals surface area contributed by atoms with Crippen molar-refractivity contribution >= 4 is 17.5 Å². The van der Waals surface area contributed by atoms with Gasteiger partial charge in [0.2, 0.25) is 0 Å². The molecular weight excluding hydrogens is 390 g/mol. The number of urea groups is 1. The standard InChI is InChI=1S/C22H26F2N4O2/c1-2-26-8-10-27(11-9-26)22(30)28(19-5-3-4-18(23)13-19)15-17-7-6-16(12-20(17)24)21(29)14-25/h3-7,12-13H,2,8-11,14-15,25H2,1H3. The minimum absolute atomic E-state index is 0.0841. The summed E-state index contributed by atoms with van der Waals surface area (Å²) in [6.45, 7) is 5.28. The Bertz CT molecular complexity index is 914. The van der Waals surface area contributed by atoms with Crippen LogP contribution in [0.2, 0.25) is 0 Å². The van der Waals surface area contributed by atoms with Crippen molar-refractivity contribution in [2.75, 3.05) is 44.2 Å². The van der Waals surface area contributed by atoms with Crippen LogP contribution < -0.4 is 10.6 Å². The van der Waals surface area contributed by atoms with Crippen LogP contribution in [0, 0.1) is 11.6 Å². The molecule has 0 radical (unpaired) electrons. The van der Waals surface area contributed by atoms with E-state index in [2.05, 4.69) is 11.8 Å². The highest BCUT2D eigenvalue weighted by Crippen LogP contribution is 2.23. The first kappa shape index (κ1) is 21.9. The van der Waals surface area contributed by atoms with Crippen molar-refractivity contribution in [2.24, 2.45) is 5.73 Å². The minimum atomic E-state index is -0.612. The lowest BCUT2D eigenvalue weighted by Gasteiger charge is -2.37. The van der Waals surface area contributed by atoms with Crippen LogP contribution in [0.4, 0.5) is 19.3 Å². The molecule has 2 aromatic rings. The molecule has 0 aliphatic carbocycles. The normalized spacial score (nSPS) is 14.6. The number of likely N-dealkylation sites (N-methyl/N-ethyl adjacent to an activating group) is 1. The van der Waals surface area contributed by atoms with Gasteiger partial charge in [0.25, 0.3) is 0 Å². The van der Waals surface area contributed by atoms with Gasteiger partial charge >= 0.3 is 6.03 Å². The van der Waals surface area contributed by atoms with Gasteiger partial charge < -0.3 is 15.5 Å². The third-order valence-corrected chi connectivity index (χ3v) is 5.33. The number of benzene rings is 2. The molecule has 160 valence electrons. The van der Waals surface area contributed by atoms with E-state index >= 15 is 0 Å². The van der Waals surface area contributed by atoms with Gasteiger partial charge in [-0.15, -0.1) is 0 Å². The number of nitrogens with zero attached hydrogens (tertiary/aromatic N) is 3. The summed E-state index contributed by atoms with van der Waals surface area (Å²) in [5.41, 5.74) is 6.09. The number of ketones is 1. The van der Waals surface area contributed by atoms with Crippen molar-refractivity contribution in [3.05, 3.63) is 65.2 Å². The summed E-state index contributed by atoms with van der Waals surface area (Å²) in [4.78, 5) is 30.3. The Balaban J connectivity index is 1.87. The summed E-state index contributed by atoms with van der Waals surface area (Å²) >= 11 is 0. The molecule has 3 rings (SSSR count). The molecule has 30 heavy (non-hydrogen) atoms. The van der Waals surface area contributed by atoms with Crippen molar-refractivity contribution < 1.29 is 18.4 Å². The van der Waals surface area contributed by atoms with Gasteiger partial charge in [0.1, 0.15) is 11.6 Å². The van der Waals surface area contributed by atoms with Crippen molar-refractivity contribution in [3.63, 3.8) is 0 Å². The second-order valence-electron chi connectivity index (χ2n) is 7.20. The quantitative estimate of drug-likeness (QED) is 0.736. The molecule has 0 bridgehead atoms. The molecule has 2 amide bonds. The Morgan fingerprint density at radius 1 is 1.07 bits per heavy atom. The van der Waals surface area contributed by atoms with E-state index in [-0.39, 0.29) is 36.0 Å². The van der Waals surface area contributed by atoms with E-state index in [1.54, 1.807) is 11.0 Å². The molecule has 1 heterocycles. The number of halogens is 2. The lowest BCUT2D eigenvalue weighted by Crippen LogP contribution is -2.52. The van der Waals surface area contributed by atoms with Gasteiger partial charge in [0.05, 0.1) is 13.1 Å². The largest absolute Gasteiger partial charge is 0.324 e. The summed E-state index contributed by atoms with van der Waals surface area (Å²) in [7, 11) is 0. The molecule has 2 N–H and O–H groups in total. The van der Waals surface area contributed by atoms with Gasteiger partial charge in [-0.25, -0.2) is 13.6 Å². The molecule has 0 saturated carbocycles. The molecule has 0 aromatic heterocycles. The van der Waals surface area contributed by atoms with E-state index in [0.29, 0.717) is 18.8 Å². The van der Waals surface area contributed by atoms with Crippen LogP contribution in [-0.4, -0.2) is 60.9 Å². The van der Waals surface area contributed by atoms with Gasteiger partial charge in [0, 0.05) is 43.0 Å². The third kappa shape index (κ3) is 5.01. The van der Waals surface area contributed by atoms with E-state index in [4.69, 9.17) is 5.73 Å². The summed E-state index contributed by atoms with van der Waals surface area (Å²) < 4.78 is 28.5. The highest BCUT2D eigenvalue weighted by Gasteiger charge is 2.27. The van der Waals surface area contributed by atoms with Crippen molar-refractivity contribution in [1.29, 1.82) is 0 Å². The molecule has 1 aliphatic heterocycles. The monoisotopic (exact) mass is 416 g/mol. The van der Waals surface area contributed by atoms with Crippen molar-refractivity contribution in [2.45, 2.75) is 13.5 Å². The molecule has 0 atom stereocenters. The maximum atomic E-state index is 14.7. The number of rotatable bonds is 6. The molecule has 1 fully saturated rings. The summed E-state index contributed by atoms with van der Waals surface area (Å²) in [6, 6.07) is 9.45. The first-order valence-corrected chi connectivity index (χ1v) is 9.99. The molecular formula is C22H26F2N4O2. The third-order valence-electron chi connectivity index (χ3n) is 5.33. The molecule has 0 spiro atoms. The Labute approximate surface area is 174 Å². The fourth-order valence-corrected chi connectivity index (χ4v) is 3.48.